The molecule has 2 saturated heterocycles. The van der Waals surface area contributed by atoms with Gasteiger partial charge in [0.1, 0.15) is 14.6 Å². The van der Waals surface area contributed by atoms with Crippen LogP contribution in [0.25, 0.3) is 0 Å². The Morgan fingerprint density at radius 3 is 2.43 bits per heavy atom. The summed E-state index contributed by atoms with van der Waals surface area (Å²) in [5.41, 5.74) is 0.418. The Morgan fingerprint density at radius 2 is 1.86 bits per heavy atom. The largest absolute Gasteiger partial charge is 0.463 e. The fourth-order valence-electron chi connectivity index (χ4n) is 6.28. The highest BCUT2D eigenvalue weighted by Gasteiger charge is 2.81. The number of hydrogen-bond donors (Lipinski definition) is 0. The van der Waals surface area contributed by atoms with Crippen molar-refractivity contribution < 1.29 is 9.53 Å². The average molecular weight is 284 g/mol. The van der Waals surface area contributed by atoms with E-state index >= 15 is 0 Å². The van der Waals surface area contributed by atoms with E-state index in [4.69, 9.17) is 4.74 Å². The summed E-state index contributed by atoms with van der Waals surface area (Å²) in [6.07, 6.45) is 10.0. The van der Waals surface area contributed by atoms with Gasteiger partial charge in [-0.15, -0.1) is 0 Å². The maximum atomic E-state index is 12.7. The number of ether oxygens (including phenoxy) is 1. The zero-order chi connectivity index (χ0) is 14.7. The Morgan fingerprint density at radius 1 is 1.14 bits per heavy atom. The molecule has 5 aliphatic rings. The first kappa shape index (κ1) is 14.2. The van der Waals surface area contributed by atoms with Gasteiger partial charge in [0.2, 0.25) is 0 Å². The Balaban J connectivity index is 1.56. The van der Waals surface area contributed by atoms with Crippen LogP contribution in [0.15, 0.2) is 0 Å². The summed E-state index contributed by atoms with van der Waals surface area (Å²) in [5, 5.41) is 0. The molecule has 2 aliphatic heterocycles. The maximum absolute atomic E-state index is 12.7. The highest BCUT2D eigenvalue weighted by molar-refractivity contribution is 6.37. The molecule has 4 heteroatoms. The van der Waals surface area contributed by atoms with Gasteiger partial charge >= 0.3 is 5.97 Å². The zero-order valence-electron chi connectivity index (χ0n) is 13.4. The third-order valence-electron chi connectivity index (χ3n) is 6.92. The minimum absolute atomic E-state index is 0.0260. The summed E-state index contributed by atoms with van der Waals surface area (Å²) >= 11 is 0. The van der Waals surface area contributed by atoms with Crippen LogP contribution >= 0.6 is 0 Å². The van der Waals surface area contributed by atoms with Crippen LogP contribution < -0.4 is 0 Å². The minimum Gasteiger partial charge on any atom is -0.463 e. The monoisotopic (exact) mass is 284 g/mol. The van der Waals surface area contributed by atoms with Crippen LogP contribution in [0, 0.1) is 28.6 Å². The molecule has 0 aromatic heterocycles. The lowest BCUT2D eigenvalue weighted by Gasteiger charge is -2.79. The number of hydrogen-bond acceptors (Lipinski definition) is 2. The van der Waals surface area contributed by atoms with E-state index in [2.05, 4.69) is 14.6 Å². The van der Waals surface area contributed by atoms with Crippen LogP contribution in [0.5, 0.6) is 0 Å². The molecule has 3 saturated carbocycles. The Hall–Kier alpha value is -0.400. The second-order valence-corrected chi connectivity index (χ2v) is 8.34. The highest BCUT2D eigenvalue weighted by Crippen LogP contribution is 2.84. The quantitative estimate of drug-likeness (QED) is 0.583. The summed E-state index contributed by atoms with van der Waals surface area (Å²) in [6, 6.07) is 0. The standard InChI is InChI=1S/C17H26B2O2/c1-11(2)21-15(20)17-9-16(10-17,13-4-6-19-8-13)14(17)12-3-5-18-7-12/h11-14H,3-10H2,1-2H3. The fraction of sp³-hybridized carbons (Fsp3) is 0.941. The number of carbonyl (C=O) groups is 1. The van der Waals surface area contributed by atoms with Gasteiger partial charge in [-0.3, -0.25) is 4.79 Å². The van der Waals surface area contributed by atoms with Crippen molar-refractivity contribution in [2.75, 3.05) is 0 Å². The lowest BCUT2D eigenvalue weighted by molar-refractivity contribution is -0.312. The molecular weight excluding hydrogens is 258 g/mol. The molecule has 3 unspecified atom stereocenters. The van der Waals surface area contributed by atoms with Gasteiger partial charge < -0.3 is 4.74 Å². The maximum Gasteiger partial charge on any atom is 0.312 e. The minimum atomic E-state index is -0.0876. The molecule has 2 nitrogen and oxygen atoms in total. The van der Waals surface area contributed by atoms with Gasteiger partial charge in [-0.2, -0.15) is 0 Å². The van der Waals surface area contributed by atoms with E-state index in [-0.39, 0.29) is 17.5 Å². The summed E-state index contributed by atoms with van der Waals surface area (Å²) in [7, 11) is 4.92. The van der Waals surface area contributed by atoms with Crippen LogP contribution in [0.4, 0.5) is 0 Å². The molecule has 5 rings (SSSR count). The van der Waals surface area contributed by atoms with E-state index < -0.39 is 0 Å². The van der Waals surface area contributed by atoms with Crippen LogP contribution in [0.1, 0.15) is 39.5 Å². The fourth-order valence-corrected chi connectivity index (χ4v) is 6.28. The number of carbonyl (C=O) groups excluding carboxylic acids is 1. The second-order valence-electron chi connectivity index (χ2n) is 8.34. The SMILES string of the molecule is CC(C)OC(=O)C12CC(C3C[B]CC3)(C1)C2C1C[B]CC1. The van der Waals surface area contributed by atoms with E-state index in [0.29, 0.717) is 11.3 Å². The Labute approximate surface area is 130 Å². The molecule has 0 aromatic carbocycles. The van der Waals surface area contributed by atoms with Crippen LogP contribution in [0.2, 0.25) is 25.3 Å². The summed E-state index contributed by atoms with van der Waals surface area (Å²) in [5.74, 6) is 2.37. The van der Waals surface area contributed by atoms with Crippen molar-refractivity contribution in [1.82, 2.24) is 0 Å². The van der Waals surface area contributed by atoms with Crippen LogP contribution in [-0.2, 0) is 9.53 Å². The predicted molar refractivity (Wildman–Crippen MR) is 85.8 cm³/mol. The van der Waals surface area contributed by atoms with E-state index in [0.717, 1.165) is 24.7 Å². The molecule has 0 spiro atoms. The first-order valence-corrected chi connectivity index (χ1v) is 8.93. The average Bonchev–Trinajstić information content (AvgIpc) is 2.98. The molecule has 0 amide bonds. The number of esters is 1. The van der Waals surface area contributed by atoms with Gasteiger partial charge in [0.05, 0.1) is 11.5 Å². The molecule has 2 bridgehead atoms. The smallest absolute Gasteiger partial charge is 0.312 e. The molecular formula is C17H26B2O2. The molecule has 112 valence electrons. The molecule has 21 heavy (non-hydrogen) atoms. The highest BCUT2D eigenvalue weighted by atomic mass is 16.5. The van der Waals surface area contributed by atoms with Crippen molar-refractivity contribution in [1.29, 1.82) is 0 Å². The zero-order valence-corrected chi connectivity index (χ0v) is 13.4. The summed E-state index contributed by atoms with van der Waals surface area (Å²) in [6.45, 7) is 3.95. The van der Waals surface area contributed by atoms with Crippen molar-refractivity contribution in [2.24, 2.45) is 28.6 Å². The van der Waals surface area contributed by atoms with E-state index in [1.807, 2.05) is 13.8 Å². The van der Waals surface area contributed by atoms with Gasteiger partial charge in [-0.05, 0) is 49.9 Å². The predicted octanol–water partition coefficient (Wildman–Crippen LogP) is 3.46. The van der Waals surface area contributed by atoms with Crippen molar-refractivity contribution in [3.05, 3.63) is 0 Å². The lowest BCUT2D eigenvalue weighted by Crippen LogP contribution is -2.77. The van der Waals surface area contributed by atoms with Gasteiger partial charge in [-0.25, -0.2) is 0 Å². The van der Waals surface area contributed by atoms with Crippen molar-refractivity contribution in [2.45, 2.75) is 70.9 Å². The summed E-state index contributed by atoms with van der Waals surface area (Å²) < 4.78 is 5.64. The normalized spacial score (nSPS) is 47.3. The molecule has 0 aromatic rings. The molecule has 2 heterocycles. The van der Waals surface area contributed by atoms with Gasteiger partial charge in [0.25, 0.3) is 0 Å². The lowest BCUT2D eigenvalue weighted by atomic mass is 9.24. The van der Waals surface area contributed by atoms with E-state index in [1.54, 1.807) is 0 Å². The van der Waals surface area contributed by atoms with E-state index in [9.17, 15) is 4.79 Å². The molecule has 3 atom stereocenters. The Bertz CT molecular complexity index is 430. The second kappa shape index (κ2) is 4.80. The van der Waals surface area contributed by atoms with Gasteiger partial charge in [0.15, 0.2) is 0 Å². The van der Waals surface area contributed by atoms with Crippen molar-refractivity contribution >= 4 is 20.5 Å². The molecule has 2 radical (unpaired) electrons. The van der Waals surface area contributed by atoms with Crippen molar-refractivity contribution in [3.63, 3.8) is 0 Å². The Kier molecular flexibility index (Phi) is 3.25. The third-order valence-corrected chi connectivity index (χ3v) is 6.92. The van der Waals surface area contributed by atoms with Gasteiger partial charge in [-0.1, -0.05) is 38.1 Å². The topological polar surface area (TPSA) is 26.3 Å². The van der Waals surface area contributed by atoms with Crippen LogP contribution in [0.3, 0.4) is 0 Å². The molecule has 3 aliphatic carbocycles. The van der Waals surface area contributed by atoms with Gasteiger partial charge in [0, 0.05) is 0 Å². The molecule has 5 fully saturated rings. The van der Waals surface area contributed by atoms with E-state index in [1.165, 1.54) is 38.1 Å². The summed E-state index contributed by atoms with van der Waals surface area (Å²) in [4.78, 5) is 12.7. The van der Waals surface area contributed by atoms with Crippen LogP contribution in [-0.4, -0.2) is 26.6 Å². The molecule has 0 N–H and O–H groups in total. The first-order valence-electron chi connectivity index (χ1n) is 8.93. The first-order chi connectivity index (χ1) is 10.1. The van der Waals surface area contributed by atoms with Crippen molar-refractivity contribution in [3.8, 4) is 0 Å². The third kappa shape index (κ3) is 1.83. The number of rotatable bonds is 4.